The number of ketones is 1. The molecule has 1 atom stereocenters. The van der Waals surface area contributed by atoms with Crippen LogP contribution in [0, 0.1) is 20.8 Å². The zero-order chi connectivity index (χ0) is 14.0. The van der Waals surface area contributed by atoms with E-state index in [9.17, 15) is 4.79 Å². The highest BCUT2D eigenvalue weighted by Crippen LogP contribution is 2.18. The molecule has 0 spiro atoms. The van der Waals surface area contributed by atoms with E-state index in [0.717, 1.165) is 36.4 Å². The molecule has 1 fully saturated rings. The second-order valence-electron chi connectivity index (χ2n) is 5.59. The van der Waals surface area contributed by atoms with Crippen molar-refractivity contribution in [1.82, 2.24) is 4.90 Å². The van der Waals surface area contributed by atoms with E-state index in [1.165, 1.54) is 5.56 Å². The lowest BCUT2D eigenvalue weighted by molar-refractivity contribution is 0.00199. The van der Waals surface area contributed by atoms with Gasteiger partial charge in [0.1, 0.15) is 0 Å². The molecule has 0 N–H and O–H groups in total. The third kappa shape index (κ3) is 3.23. The first kappa shape index (κ1) is 14.2. The molecule has 0 aromatic heterocycles. The summed E-state index contributed by atoms with van der Waals surface area (Å²) in [6, 6.07) is 4.50. The second-order valence-corrected chi connectivity index (χ2v) is 5.59. The van der Waals surface area contributed by atoms with Crippen LogP contribution in [0.4, 0.5) is 0 Å². The molecule has 2 rings (SSSR count). The molecule has 1 aromatic carbocycles. The molecule has 1 aliphatic rings. The second kappa shape index (κ2) is 5.85. The van der Waals surface area contributed by atoms with E-state index >= 15 is 0 Å². The minimum absolute atomic E-state index is 0.226. The fourth-order valence-corrected chi connectivity index (χ4v) is 2.88. The van der Waals surface area contributed by atoms with Crippen molar-refractivity contribution in [3.05, 3.63) is 34.4 Å². The van der Waals surface area contributed by atoms with Crippen molar-refractivity contribution in [3.8, 4) is 0 Å². The van der Waals surface area contributed by atoms with Crippen molar-refractivity contribution in [3.63, 3.8) is 0 Å². The van der Waals surface area contributed by atoms with E-state index in [2.05, 4.69) is 30.9 Å². The van der Waals surface area contributed by atoms with Crippen molar-refractivity contribution in [1.29, 1.82) is 0 Å². The first-order valence-corrected chi connectivity index (χ1v) is 6.92. The van der Waals surface area contributed by atoms with Crippen LogP contribution in [0.2, 0.25) is 0 Å². The molecule has 104 valence electrons. The summed E-state index contributed by atoms with van der Waals surface area (Å²) in [5.74, 6) is 0.226. The van der Waals surface area contributed by atoms with Crippen LogP contribution in [0.15, 0.2) is 12.1 Å². The standard InChI is InChI=1S/C16H23NO2/c1-11-7-12(2)16(13(3)8-11)15(18)9-17-5-6-19-10-14(17)4/h7-8,14H,5-6,9-10H2,1-4H3. The Morgan fingerprint density at radius 1 is 1.32 bits per heavy atom. The predicted octanol–water partition coefficient (Wildman–Crippen LogP) is 2.52. The summed E-state index contributed by atoms with van der Waals surface area (Å²) in [6.45, 7) is 11.0. The van der Waals surface area contributed by atoms with Gasteiger partial charge in [0.25, 0.3) is 0 Å². The summed E-state index contributed by atoms with van der Waals surface area (Å²) in [5, 5.41) is 0. The molecule has 1 aromatic rings. The van der Waals surface area contributed by atoms with Gasteiger partial charge in [-0.3, -0.25) is 9.69 Å². The quantitative estimate of drug-likeness (QED) is 0.783. The van der Waals surface area contributed by atoms with Crippen LogP contribution in [0.3, 0.4) is 0 Å². The van der Waals surface area contributed by atoms with E-state index in [1.807, 2.05) is 13.8 Å². The van der Waals surface area contributed by atoms with Gasteiger partial charge in [-0.2, -0.15) is 0 Å². The maximum Gasteiger partial charge on any atom is 0.177 e. The molecule has 1 aliphatic heterocycles. The molecule has 0 bridgehead atoms. The highest BCUT2D eigenvalue weighted by atomic mass is 16.5. The van der Waals surface area contributed by atoms with Crippen LogP contribution in [0.5, 0.6) is 0 Å². The minimum atomic E-state index is 0.226. The Morgan fingerprint density at radius 3 is 2.53 bits per heavy atom. The molecule has 3 nitrogen and oxygen atoms in total. The Kier molecular flexibility index (Phi) is 4.38. The normalized spacial score (nSPS) is 20.5. The van der Waals surface area contributed by atoms with E-state index < -0.39 is 0 Å². The van der Waals surface area contributed by atoms with Gasteiger partial charge >= 0.3 is 0 Å². The Morgan fingerprint density at radius 2 is 1.95 bits per heavy atom. The minimum Gasteiger partial charge on any atom is -0.379 e. The Bertz CT molecular complexity index is 459. The first-order valence-electron chi connectivity index (χ1n) is 6.92. The first-order chi connectivity index (χ1) is 8.99. The number of Topliss-reactive ketones (excluding diaryl/α,β-unsaturated/α-hetero) is 1. The SMILES string of the molecule is Cc1cc(C)c(C(=O)CN2CCOCC2C)c(C)c1. The topological polar surface area (TPSA) is 29.5 Å². The summed E-state index contributed by atoms with van der Waals surface area (Å²) in [4.78, 5) is 14.7. The third-order valence-electron chi connectivity index (χ3n) is 3.81. The Labute approximate surface area is 115 Å². The molecule has 1 unspecified atom stereocenters. The fraction of sp³-hybridized carbons (Fsp3) is 0.562. The number of rotatable bonds is 3. The summed E-state index contributed by atoms with van der Waals surface area (Å²) >= 11 is 0. The average molecular weight is 261 g/mol. The molecule has 0 radical (unpaired) electrons. The van der Waals surface area contributed by atoms with Crippen molar-refractivity contribution in [2.45, 2.75) is 33.7 Å². The van der Waals surface area contributed by atoms with E-state index in [4.69, 9.17) is 4.74 Å². The van der Waals surface area contributed by atoms with E-state index in [0.29, 0.717) is 12.6 Å². The number of benzene rings is 1. The summed E-state index contributed by atoms with van der Waals surface area (Å²) in [5.41, 5.74) is 4.28. The number of carbonyl (C=O) groups excluding carboxylic acids is 1. The van der Waals surface area contributed by atoms with Crippen LogP contribution in [0.1, 0.15) is 34.0 Å². The van der Waals surface area contributed by atoms with Crippen molar-refractivity contribution < 1.29 is 9.53 Å². The largest absolute Gasteiger partial charge is 0.379 e. The number of aryl methyl sites for hydroxylation is 3. The zero-order valence-corrected chi connectivity index (χ0v) is 12.3. The van der Waals surface area contributed by atoms with Crippen molar-refractivity contribution in [2.24, 2.45) is 0 Å². The third-order valence-corrected chi connectivity index (χ3v) is 3.81. The number of nitrogens with zero attached hydrogens (tertiary/aromatic N) is 1. The average Bonchev–Trinajstić information content (AvgIpc) is 2.30. The van der Waals surface area contributed by atoms with Gasteiger partial charge in [-0.25, -0.2) is 0 Å². The van der Waals surface area contributed by atoms with Gasteiger partial charge < -0.3 is 4.74 Å². The van der Waals surface area contributed by atoms with Gasteiger partial charge in [0.05, 0.1) is 19.8 Å². The molecule has 0 amide bonds. The molecular formula is C16H23NO2. The number of ether oxygens (including phenoxy) is 1. The van der Waals surface area contributed by atoms with Gasteiger partial charge in [-0.15, -0.1) is 0 Å². The van der Waals surface area contributed by atoms with Gasteiger partial charge in [0.15, 0.2) is 5.78 Å². The molecular weight excluding hydrogens is 238 g/mol. The Balaban J connectivity index is 2.16. The fourth-order valence-electron chi connectivity index (χ4n) is 2.88. The number of hydrogen-bond acceptors (Lipinski definition) is 3. The predicted molar refractivity (Wildman–Crippen MR) is 76.8 cm³/mol. The van der Waals surface area contributed by atoms with Crippen molar-refractivity contribution >= 4 is 5.78 Å². The highest BCUT2D eigenvalue weighted by Gasteiger charge is 2.23. The van der Waals surface area contributed by atoms with Gasteiger partial charge in [0, 0.05) is 18.2 Å². The van der Waals surface area contributed by atoms with Gasteiger partial charge in [-0.05, 0) is 38.8 Å². The molecule has 0 aliphatic carbocycles. The van der Waals surface area contributed by atoms with Crippen molar-refractivity contribution in [2.75, 3.05) is 26.3 Å². The number of carbonyl (C=O) groups is 1. The van der Waals surface area contributed by atoms with Crippen LogP contribution in [-0.2, 0) is 4.74 Å². The Hall–Kier alpha value is -1.19. The molecule has 1 saturated heterocycles. The van der Waals surface area contributed by atoms with Crippen LogP contribution in [-0.4, -0.2) is 43.0 Å². The molecule has 19 heavy (non-hydrogen) atoms. The number of morpholine rings is 1. The molecule has 1 heterocycles. The maximum absolute atomic E-state index is 12.5. The summed E-state index contributed by atoms with van der Waals surface area (Å²) in [7, 11) is 0. The van der Waals surface area contributed by atoms with Crippen LogP contribution < -0.4 is 0 Å². The summed E-state index contributed by atoms with van der Waals surface area (Å²) < 4.78 is 5.41. The number of hydrogen-bond donors (Lipinski definition) is 0. The molecule has 3 heteroatoms. The van der Waals surface area contributed by atoms with Crippen LogP contribution in [0.25, 0.3) is 0 Å². The van der Waals surface area contributed by atoms with E-state index in [-0.39, 0.29) is 5.78 Å². The summed E-state index contributed by atoms with van der Waals surface area (Å²) in [6.07, 6.45) is 0. The van der Waals surface area contributed by atoms with Gasteiger partial charge in [-0.1, -0.05) is 17.7 Å². The highest BCUT2D eigenvalue weighted by molar-refractivity contribution is 6.00. The lowest BCUT2D eigenvalue weighted by Crippen LogP contribution is -2.46. The lowest BCUT2D eigenvalue weighted by Gasteiger charge is -2.32. The zero-order valence-electron chi connectivity index (χ0n) is 12.3. The smallest absolute Gasteiger partial charge is 0.177 e. The molecule has 0 saturated carbocycles. The maximum atomic E-state index is 12.5. The monoisotopic (exact) mass is 261 g/mol. The van der Waals surface area contributed by atoms with Crippen LogP contribution >= 0.6 is 0 Å². The van der Waals surface area contributed by atoms with E-state index in [1.54, 1.807) is 0 Å². The lowest BCUT2D eigenvalue weighted by atomic mass is 9.96. The van der Waals surface area contributed by atoms with Gasteiger partial charge in [0.2, 0.25) is 0 Å².